The lowest BCUT2D eigenvalue weighted by atomic mass is 9.84. The number of rotatable bonds is 3. The molecular formula is C19H27NO2. The number of aryl methyl sites for hydroxylation is 3. The van der Waals surface area contributed by atoms with E-state index in [-0.39, 0.29) is 6.04 Å². The molecule has 0 aromatic heterocycles. The summed E-state index contributed by atoms with van der Waals surface area (Å²) in [5, 5.41) is 9.64. The third-order valence-electron chi connectivity index (χ3n) is 5.81. The van der Waals surface area contributed by atoms with Crippen molar-refractivity contribution in [2.24, 2.45) is 5.92 Å². The van der Waals surface area contributed by atoms with Crippen molar-refractivity contribution in [2.75, 3.05) is 0 Å². The van der Waals surface area contributed by atoms with Crippen molar-refractivity contribution < 1.29 is 9.90 Å². The highest BCUT2D eigenvalue weighted by molar-refractivity contribution is 5.74. The average Bonchev–Trinajstić information content (AvgIpc) is 2.84. The molecule has 3 atom stereocenters. The molecule has 1 saturated carbocycles. The molecule has 1 N–H and O–H groups in total. The molecular weight excluding hydrogens is 274 g/mol. The van der Waals surface area contributed by atoms with E-state index in [9.17, 15) is 9.90 Å². The first kappa shape index (κ1) is 15.5. The predicted octanol–water partition coefficient (Wildman–Crippen LogP) is 3.83. The van der Waals surface area contributed by atoms with Crippen LogP contribution in [-0.2, 0) is 11.3 Å². The number of aliphatic carboxylic acids is 1. The van der Waals surface area contributed by atoms with Crippen LogP contribution < -0.4 is 0 Å². The molecule has 1 aliphatic carbocycles. The summed E-state index contributed by atoms with van der Waals surface area (Å²) in [6.07, 6.45) is 5.72. The van der Waals surface area contributed by atoms with Gasteiger partial charge in [-0.25, -0.2) is 0 Å². The third-order valence-corrected chi connectivity index (χ3v) is 5.81. The maximum atomic E-state index is 11.7. The van der Waals surface area contributed by atoms with Crippen molar-refractivity contribution in [3.8, 4) is 0 Å². The standard InChI is InChI=1S/C19H27NO2/c1-12-8-14(3)16(9-13(12)2)11-20-17-7-5-4-6-15(17)10-18(20)19(21)22/h8-9,15,17-18H,4-7,10-11H2,1-3H3,(H,21,22). The van der Waals surface area contributed by atoms with Crippen molar-refractivity contribution in [3.05, 3.63) is 34.4 Å². The van der Waals surface area contributed by atoms with Crippen LogP contribution in [0.1, 0.15) is 54.4 Å². The van der Waals surface area contributed by atoms with Gasteiger partial charge in [-0.2, -0.15) is 0 Å². The minimum absolute atomic E-state index is 0.297. The zero-order valence-corrected chi connectivity index (χ0v) is 13.9. The molecule has 0 spiro atoms. The maximum absolute atomic E-state index is 11.7. The Labute approximate surface area is 133 Å². The second-order valence-electron chi connectivity index (χ2n) is 7.24. The van der Waals surface area contributed by atoms with Crippen LogP contribution in [0.5, 0.6) is 0 Å². The first-order chi connectivity index (χ1) is 10.5. The molecule has 1 aromatic carbocycles. The Morgan fingerprint density at radius 1 is 1.14 bits per heavy atom. The summed E-state index contributed by atoms with van der Waals surface area (Å²) in [5.41, 5.74) is 5.19. The second kappa shape index (κ2) is 6.04. The zero-order valence-electron chi connectivity index (χ0n) is 13.9. The SMILES string of the molecule is Cc1cc(C)c(CN2C(C(=O)O)CC3CCCCC32)cc1C. The van der Waals surface area contributed by atoms with Crippen LogP contribution in [-0.4, -0.2) is 28.1 Å². The lowest BCUT2D eigenvalue weighted by Gasteiger charge is -2.33. The fourth-order valence-corrected chi connectivity index (χ4v) is 4.41. The number of benzene rings is 1. The fourth-order valence-electron chi connectivity index (χ4n) is 4.41. The lowest BCUT2D eigenvalue weighted by Crippen LogP contribution is -2.41. The number of likely N-dealkylation sites (tertiary alicyclic amines) is 1. The van der Waals surface area contributed by atoms with E-state index in [4.69, 9.17) is 0 Å². The predicted molar refractivity (Wildman–Crippen MR) is 88.0 cm³/mol. The monoisotopic (exact) mass is 301 g/mol. The molecule has 22 heavy (non-hydrogen) atoms. The van der Waals surface area contributed by atoms with Crippen LogP contribution in [0, 0.1) is 26.7 Å². The summed E-state index contributed by atoms with van der Waals surface area (Å²) in [5.74, 6) is -0.0578. The molecule has 120 valence electrons. The van der Waals surface area contributed by atoms with E-state index in [2.05, 4.69) is 37.8 Å². The van der Waals surface area contributed by atoms with Gasteiger partial charge in [0.15, 0.2) is 0 Å². The number of carboxylic acids is 1. The molecule has 3 rings (SSSR count). The van der Waals surface area contributed by atoms with Crippen molar-refractivity contribution in [3.63, 3.8) is 0 Å². The molecule has 1 aliphatic heterocycles. The molecule has 3 unspecified atom stereocenters. The molecule has 1 aromatic rings. The Morgan fingerprint density at radius 3 is 2.55 bits per heavy atom. The van der Waals surface area contributed by atoms with Gasteiger partial charge in [0.25, 0.3) is 0 Å². The zero-order chi connectivity index (χ0) is 15.9. The number of hydrogen-bond donors (Lipinski definition) is 1. The molecule has 1 saturated heterocycles. The van der Waals surface area contributed by atoms with E-state index in [0.717, 1.165) is 13.0 Å². The third kappa shape index (κ3) is 2.79. The summed E-state index contributed by atoms with van der Waals surface area (Å²) in [6.45, 7) is 7.20. The van der Waals surface area contributed by atoms with Gasteiger partial charge in [0.05, 0.1) is 0 Å². The number of hydrogen-bond acceptors (Lipinski definition) is 2. The first-order valence-electron chi connectivity index (χ1n) is 8.52. The normalized spacial score (nSPS) is 28.6. The Morgan fingerprint density at radius 2 is 1.82 bits per heavy atom. The van der Waals surface area contributed by atoms with Crippen LogP contribution in [0.15, 0.2) is 12.1 Å². The van der Waals surface area contributed by atoms with Crippen molar-refractivity contribution in [1.82, 2.24) is 4.90 Å². The highest BCUT2D eigenvalue weighted by Gasteiger charge is 2.45. The van der Waals surface area contributed by atoms with Crippen molar-refractivity contribution >= 4 is 5.97 Å². The van der Waals surface area contributed by atoms with Gasteiger partial charge in [-0.1, -0.05) is 25.0 Å². The van der Waals surface area contributed by atoms with Gasteiger partial charge in [0, 0.05) is 12.6 Å². The topological polar surface area (TPSA) is 40.5 Å². The van der Waals surface area contributed by atoms with Gasteiger partial charge in [0.1, 0.15) is 6.04 Å². The Kier molecular flexibility index (Phi) is 4.26. The Hall–Kier alpha value is -1.35. The van der Waals surface area contributed by atoms with Crippen molar-refractivity contribution in [1.29, 1.82) is 0 Å². The average molecular weight is 301 g/mol. The van der Waals surface area contributed by atoms with E-state index in [1.54, 1.807) is 0 Å². The molecule has 3 heteroatoms. The molecule has 0 radical (unpaired) electrons. The summed E-state index contributed by atoms with van der Waals surface area (Å²) >= 11 is 0. The highest BCUT2D eigenvalue weighted by Crippen LogP contribution is 2.40. The Bertz CT molecular complexity index is 581. The summed E-state index contributed by atoms with van der Waals surface area (Å²) in [7, 11) is 0. The summed E-state index contributed by atoms with van der Waals surface area (Å²) in [6, 6.07) is 4.65. The first-order valence-corrected chi connectivity index (χ1v) is 8.52. The van der Waals surface area contributed by atoms with Gasteiger partial charge in [0.2, 0.25) is 0 Å². The van der Waals surface area contributed by atoms with Gasteiger partial charge in [-0.05, 0) is 68.2 Å². The van der Waals surface area contributed by atoms with Gasteiger partial charge in [-0.15, -0.1) is 0 Å². The smallest absolute Gasteiger partial charge is 0.320 e. The summed E-state index contributed by atoms with van der Waals surface area (Å²) < 4.78 is 0. The van der Waals surface area contributed by atoms with Crippen LogP contribution in [0.25, 0.3) is 0 Å². The highest BCUT2D eigenvalue weighted by atomic mass is 16.4. The number of carbonyl (C=O) groups is 1. The molecule has 1 heterocycles. The number of nitrogens with zero attached hydrogens (tertiary/aromatic N) is 1. The van der Waals surface area contributed by atoms with Gasteiger partial charge in [-0.3, -0.25) is 9.69 Å². The van der Waals surface area contributed by atoms with E-state index in [1.807, 2.05) is 0 Å². The molecule has 0 amide bonds. The second-order valence-corrected chi connectivity index (χ2v) is 7.24. The molecule has 3 nitrogen and oxygen atoms in total. The van der Waals surface area contributed by atoms with Crippen LogP contribution in [0.4, 0.5) is 0 Å². The molecule has 2 aliphatic rings. The maximum Gasteiger partial charge on any atom is 0.320 e. The largest absolute Gasteiger partial charge is 0.480 e. The number of fused-ring (bicyclic) bond motifs is 1. The van der Waals surface area contributed by atoms with E-state index in [0.29, 0.717) is 12.0 Å². The minimum atomic E-state index is -0.643. The van der Waals surface area contributed by atoms with Crippen molar-refractivity contribution in [2.45, 2.75) is 71.5 Å². The molecule has 2 fully saturated rings. The van der Waals surface area contributed by atoms with Gasteiger partial charge < -0.3 is 5.11 Å². The van der Waals surface area contributed by atoms with Gasteiger partial charge >= 0.3 is 5.97 Å². The minimum Gasteiger partial charge on any atom is -0.480 e. The number of carboxylic acid groups (broad SMARTS) is 1. The fraction of sp³-hybridized carbons (Fsp3) is 0.632. The van der Waals surface area contributed by atoms with E-state index < -0.39 is 5.97 Å². The van der Waals surface area contributed by atoms with E-state index >= 15 is 0 Å². The van der Waals surface area contributed by atoms with Crippen LogP contribution in [0.2, 0.25) is 0 Å². The Balaban J connectivity index is 1.88. The van der Waals surface area contributed by atoms with Crippen LogP contribution >= 0.6 is 0 Å². The van der Waals surface area contributed by atoms with E-state index in [1.165, 1.54) is 47.9 Å². The summed E-state index contributed by atoms with van der Waals surface area (Å²) in [4.78, 5) is 14.0. The lowest BCUT2D eigenvalue weighted by molar-refractivity contribution is -0.142. The molecule has 0 bridgehead atoms. The quantitative estimate of drug-likeness (QED) is 0.922. The van der Waals surface area contributed by atoms with Crippen LogP contribution in [0.3, 0.4) is 0 Å².